The number of amides is 1. The van der Waals surface area contributed by atoms with Gasteiger partial charge in [-0.2, -0.15) is 0 Å². The first-order valence-corrected chi connectivity index (χ1v) is 10.7. The number of carbonyl (C=O) groups is 1. The van der Waals surface area contributed by atoms with Crippen molar-refractivity contribution in [2.75, 3.05) is 39.2 Å². The minimum atomic E-state index is -0.131. The molecule has 1 amide bonds. The Morgan fingerprint density at radius 1 is 1.16 bits per heavy atom. The molecule has 2 aromatic carbocycles. The Morgan fingerprint density at radius 3 is 2.53 bits per heavy atom. The van der Waals surface area contributed by atoms with Crippen LogP contribution in [0.4, 0.5) is 5.69 Å². The fourth-order valence-corrected chi connectivity index (χ4v) is 3.83. The smallest absolute Gasteiger partial charge is 0.221 e. The molecule has 1 fully saturated rings. The van der Waals surface area contributed by atoms with Crippen LogP contribution in [-0.4, -0.2) is 50.6 Å². The number of guanidine groups is 1. The van der Waals surface area contributed by atoms with Gasteiger partial charge in [0.05, 0.1) is 26.5 Å². The van der Waals surface area contributed by atoms with E-state index in [1.807, 2.05) is 30.3 Å². The van der Waals surface area contributed by atoms with E-state index in [1.54, 1.807) is 14.2 Å². The van der Waals surface area contributed by atoms with Crippen LogP contribution >= 0.6 is 24.0 Å². The van der Waals surface area contributed by atoms with Crippen LogP contribution in [0.3, 0.4) is 0 Å². The summed E-state index contributed by atoms with van der Waals surface area (Å²) >= 11 is 0. The van der Waals surface area contributed by atoms with E-state index in [-0.39, 0.29) is 29.9 Å². The Balaban J connectivity index is 0.00000363. The number of ether oxygens (including phenoxy) is 2. The van der Waals surface area contributed by atoms with Gasteiger partial charge in [0.2, 0.25) is 5.91 Å². The predicted octanol–water partition coefficient (Wildman–Crippen LogP) is 4.24. The number of hydrogen-bond donors (Lipinski definition) is 2. The number of aliphatic imine (C=N–C) groups is 1. The highest BCUT2D eigenvalue weighted by Gasteiger charge is 2.26. The van der Waals surface area contributed by atoms with Crippen LogP contribution in [-0.2, 0) is 11.3 Å². The van der Waals surface area contributed by atoms with Gasteiger partial charge in [0.25, 0.3) is 0 Å². The molecule has 0 aliphatic carbocycles. The van der Waals surface area contributed by atoms with Gasteiger partial charge in [-0.25, -0.2) is 4.99 Å². The molecule has 1 saturated heterocycles. The zero-order chi connectivity index (χ0) is 22.2. The van der Waals surface area contributed by atoms with E-state index in [0.717, 1.165) is 43.3 Å². The summed E-state index contributed by atoms with van der Waals surface area (Å²) in [5.74, 6) is 2.77. The van der Waals surface area contributed by atoms with E-state index >= 15 is 0 Å². The summed E-state index contributed by atoms with van der Waals surface area (Å²) in [5, 5.41) is 6.23. The number of carbonyl (C=O) groups excluding carboxylic acids is 1. The molecule has 1 unspecified atom stereocenters. The molecule has 1 heterocycles. The van der Waals surface area contributed by atoms with Crippen molar-refractivity contribution < 1.29 is 14.3 Å². The molecule has 1 atom stereocenters. The van der Waals surface area contributed by atoms with E-state index in [9.17, 15) is 4.79 Å². The largest absolute Gasteiger partial charge is 0.497 e. The van der Waals surface area contributed by atoms with Crippen molar-refractivity contribution in [1.29, 1.82) is 0 Å². The molecule has 174 valence electrons. The third kappa shape index (κ3) is 6.75. The fraction of sp³-hybridized carbons (Fsp3) is 0.417. The van der Waals surface area contributed by atoms with Crippen molar-refractivity contribution in [2.24, 2.45) is 4.99 Å². The first-order valence-electron chi connectivity index (χ1n) is 10.7. The van der Waals surface area contributed by atoms with Crippen LogP contribution in [0.1, 0.15) is 37.3 Å². The first kappa shape index (κ1) is 25.8. The quantitative estimate of drug-likeness (QED) is 0.306. The SMILES string of the molecule is CCNC(=NCc1ccc(OC)c(NC(C)=O)c1)N1CCC(c2ccc(OC)cc2)C1.I. The van der Waals surface area contributed by atoms with Crippen molar-refractivity contribution in [3.05, 3.63) is 53.6 Å². The normalized spacial score (nSPS) is 15.7. The Kier molecular flexibility index (Phi) is 10.1. The van der Waals surface area contributed by atoms with Gasteiger partial charge >= 0.3 is 0 Å². The second kappa shape index (κ2) is 12.5. The van der Waals surface area contributed by atoms with Crippen LogP contribution in [0.2, 0.25) is 0 Å². The molecule has 0 bridgehead atoms. The maximum atomic E-state index is 11.5. The van der Waals surface area contributed by atoms with Crippen molar-refractivity contribution >= 4 is 41.5 Å². The van der Waals surface area contributed by atoms with Crippen LogP contribution in [0.5, 0.6) is 11.5 Å². The molecular formula is C24H33IN4O3. The number of methoxy groups -OCH3 is 2. The highest BCUT2D eigenvalue weighted by Crippen LogP contribution is 2.29. The van der Waals surface area contributed by atoms with Gasteiger partial charge in [-0.15, -0.1) is 24.0 Å². The summed E-state index contributed by atoms with van der Waals surface area (Å²) in [7, 11) is 3.28. The van der Waals surface area contributed by atoms with Crippen LogP contribution in [0, 0.1) is 0 Å². The van der Waals surface area contributed by atoms with E-state index < -0.39 is 0 Å². The van der Waals surface area contributed by atoms with Gasteiger partial charge in [0.15, 0.2) is 5.96 Å². The number of likely N-dealkylation sites (tertiary alicyclic amines) is 1. The Labute approximate surface area is 207 Å². The summed E-state index contributed by atoms with van der Waals surface area (Å²) in [6.45, 7) is 6.78. The molecule has 7 nitrogen and oxygen atoms in total. The lowest BCUT2D eigenvalue weighted by Crippen LogP contribution is -2.40. The zero-order valence-corrected chi connectivity index (χ0v) is 21.5. The minimum absolute atomic E-state index is 0. The Hall–Kier alpha value is -2.49. The number of rotatable bonds is 7. The van der Waals surface area contributed by atoms with Crippen LogP contribution in [0.15, 0.2) is 47.5 Å². The molecule has 0 spiro atoms. The van der Waals surface area contributed by atoms with Gasteiger partial charge in [0, 0.05) is 32.5 Å². The highest BCUT2D eigenvalue weighted by atomic mass is 127. The highest BCUT2D eigenvalue weighted by molar-refractivity contribution is 14.0. The molecule has 8 heteroatoms. The number of benzene rings is 2. The molecule has 2 aromatic rings. The summed E-state index contributed by atoms with van der Waals surface area (Å²) in [6.07, 6.45) is 1.09. The molecule has 0 saturated carbocycles. The van der Waals surface area contributed by atoms with Gasteiger partial charge in [-0.3, -0.25) is 4.79 Å². The lowest BCUT2D eigenvalue weighted by atomic mass is 9.98. The topological polar surface area (TPSA) is 75.2 Å². The molecule has 2 N–H and O–H groups in total. The Morgan fingerprint density at radius 2 is 1.91 bits per heavy atom. The fourth-order valence-electron chi connectivity index (χ4n) is 3.83. The summed E-state index contributed by atoms with van der Waals surface area (Å²) in [4.78, 5) is 18.7. The number of nitrogens with one attached hydrogen (secondary N) is 2. The molecule has 0 aromatic heterocycles. The second-order valence-electron chi connectivity index (χ2n) is 7.59. The lowest BCUT2D eigenvalue weighted by Gasteiger charge is -2.22. The summed E-state index contributed by atoms with van der Waals surface area (Å²) < 4.78 is 10.6. The van der Waals surface area contributed by atoms with Gasteiger partial charge < -0.3 is 25.0 Å². The van der Waals surface area contributed by atoms with Crippen molar-refractivity contribution in [1.82, 2.24) is 10.2 Å². The molecule has 32 heavy (non-hydrogen) atoms. The third-order valence-corrected chi connectivity index (χ3v) is 5.40. The molecule has 1 aliphatic rings. The van der Waals surface area contributed by atoms with Crippen molar-refractivity contribution in [2.45, 2.75) is 32.7 Å². The lowest BCUT2D eigenvalue weighted by molar-refractivity contribution is -0.114. The molecule has 3 rings (SSSR count). The van der Waals surface area contributed by atoms with Crippen LogP contribution < -0.4 is 20.1 Å². The van der Waals surface area contributed by atoms with Crippen LogP contribution in [0.25, 0.3) is 0 Å². The number of hydrogen-bond acceptors (Lipinski definition) is 4. The minimum Gasteiger partial charge on any atom is -0.497 e. The standard InChI is InChI=1S/C24H32N4O3.HI/c1-5-25-24(26-15-18-6-11-23(31-4)22(14-18)27-17(2)29)28-13-12-20(16-28)19-7-9-21(30-3)10-8-19;/h6-11,14,20H,5,12-13,15-16H2,1-4H3,(H,25,26)(H,27,29);1H. The zero-order valence-electron chi connectivity index (χ0n) is 19.2. The van der Waals surface area contributed by atoms with E-state index in [0.29, 0.717) is 23.9 Å². The molecular weight excluding hydrogens is 519 g/mol. The number of anilines is 1. The van der Waals surface area contributed by atoms with Gasteiger partial charge in [-0.05, 0) is 48.7 Å². The molecule has 0 radical (unpaired) electrons. The molecule has 1 aliphatic heterocycles. The number of nitrogens with zero attached hydrogens (tertiary/aromatic N) is 2. The Bertz CT molecular complexity index is 918. The average molecular weight is 552 g/mol. The first-order chi connectivity index (χ1) is 15.0. The summed E-state index contributed by atoms with van der Waals surface area (Å²) in [5.41, 5.74) is 2.99. The van der Waals surface area contributed by atoms with E-state index in [2.05, 4.69) is 34.6 Å². The van der Waals surface area contributed by atoms with E-state index in [4.69, 9.17) is 14.5 Å². The third-order valence-electron chi connectivity index (χ3n) is 5.40. The van der Waals surface area contributed by atoms with Crippen molar-refractivity contribution in [3.8, 4) is 11.5 Å². The van der Waals surface area contributed by atoms with Crippen molar-refractivity contribution in [3.63, 3.8) is 0 Å². The van der Waals surface area contributed by atoms with Gasteiger partial charge in [0.1, 0.15) is 11.5 Å². The maximum absolute atomic E-state index is 11.5. The maximum Gasteiger partial charge on any atom is 0.221 e. The average Bonchev–Trinajstić information content (AvgIpc) is 3.26. The van der Waals surface area contributed by atoms with E-state index in [1.165, 1.54) is 12.5 Å². The monoisotopic (exact) mass is 552 g/mol. The second-order valence-corrected chi connectivity index (χ2v) is 7.59. The number of halogens is 1. The van der Waals surface area contributed by atoms with Gasteiger partial charge in [-0.1, -0.05) is 18.2 Å². The predicted molar refractivity (Wildman–Crippen MR) is 139 cm³/mol. The summed E-state index contributed by atoms with van der Waals surface area (Å²) in [6, 6.07) is 14.1.